The predicted octanol–water partition coefficient (Wildman–Crippen LogP) is 27.7. The van der Waals surface area contributed by atoms with Crippen LogP contribution >= 0.6 is 50.4 Å². The van der Waals surface area contributed by atoms with Gasteiger partial charge in [-0.1, -0.05) is 329 Å². The van der Waals surface area contributed by atoms with E-state index >= 15 is 0 Å². The van der Waals surface area contributed by atoms with Crippen molar-refractivity contribution < 1.29 is 168 Å². The summed E-state index contributed by atoms with van der Waals surface area (Å²) in [7, 11) is -2.06. The van der Waals surface area contributed by atoms with E-state index in [2.05, 4.69) is 48.5 Å². The zero-order chi connectivity index (χ0) is 70.9. The Labute approximate surface area is 748 Å². The molecule has 0 spiro atoms. The fourth-order valence-electron chi connectivity index (χ4n) is 7.59. The molecule has 1 radical (unpaired) electrons. The van der Waals surface area contributed by atoms with Gasteiger partial charge in [-0.25, -0.2) is 0 Å². The summed E-state index contributed by atoms with van der Waals surface area (Å²) >= 11 is -0.346. The van der Waals surface area contributed by atoms with Crippen LogP contribution in [0.5, 0.6) is 0 Å². The summed E-state index contributed by atoms with van der Waals surface area (Å²) in [5.74, 6) is 0. The van der Waals surface area contributed by atoms with Crippen LogP contribution in [0.1, 0.15) is 208 Å². The first-order valence-corrected chi connectivity index (χ1v) is 43.6. The van der Waals surface area contributed by atoms with E-state index in [1.807, 2.05) is 323 Å². The summed E-state index contributed by atoms with van der Waals surface area (Å²) in [6.07, 6.45) is 0. The van der Waals surface area contributed by atoms with E-state index < -0.39 is 31.0 Å². The molecule has 8 rings (SSSR count). The van der Waals surface area contributed by atoms with Gasteiger partial charge in [-0.2, -0.15) is 0 Å². The maximum absolute atomic E-state index is 14.1. The van der Waals surface area contributed by atoms with Gasteiger partial charge < -0.3 is 86.0 Å². The standard InChI is InChI=1S/C45H36O6P4.15C2H6.9CH3.2ClH.2Ru.4Zr/c1-51-55(49,50)43-31-41(53(34-22-10-4-11-23-34)35-24-12-5-13-25-35)45(39-29-17-15-27-37(39)43)44-38-28-16-14-26-36(38)42(54(46,47)48)30-40(44)52(32-18-6-2-7-19-32)33-20-8-3-9-21-33;15*1-2;;;;;;;;;;;;;;;;;/h2-31H,1H3,(H,49,50)(H2,46,47,48);15*1-2H3;9*1H3;2*1H;;;;;;/q;;;;;;;;;;;;;;;;9*-1;;;+3;+4;;;;. The van der Waals surface area contributed by atoms with Crippen molar-refractivity contribution in [2.24, 2.45) is 0 Å². The number of hydrogen-bond donors (Lipinski definition) is 3. The van der Waals surface area contributed by atoms with Crippen molar-refractivity contribution in [3.8, 4) is 11.1 Å². The summed E-state index contributed by atoms with van der Waals surface area (Å²) in [4.78, 5) is 33.5. The maximum Gasteiger partial charge on any atom is 3.00 e. The summed E-state index contributed by atoms with van der Waals surface area (Å²) in [6.45, 7) is 60.0. The quantitative estimate of drug-likeness (QED) is 0.0716. The number of halogens is 2. The summed E-state index contributed by atoms with van der Waals surface area (Å²) < 4.78 is 33.0. The van der Waals surface area contributed by atoms with Crippen molar-refractivity contribution in [2.75, 3.05) is 7.11 Å². The Morgan fingerprint density at radius 2 is 0.461 bits per heavy atom. The molecule has 1 unspecified atom stereocenters. The van der Waals surface area contributed by atoms with Crippen molar-refractivity contribution >= 4 is 114 Å². The third-order valence-corrected chi connectivity index (χ3v) is 17.9. The minimum atomic E-state index is -4.80. The Hall–Kier alpha value is 0.799. The molecule has 0 saturated carbocycles. The molecule has 0 aliphatic rings. The number of hydrogen-bond acceptors (Lipinski definition) is 3. The monoisotopic (exact) mass is 2020 g/mol. The first kappa shape index (κ1) is 167. The molecule has 0 aromatic heterocycles. The topological polar surface area (TPSA) is 104 Å². The molecule has 0 saturated heterocycles. The van der Waals surface area contributed by atoms with E-state index in [-0.39, 0.29) is 217 Å². The summed E-state index contributed by atoms with van der Waals surface area (Å²) in [5.41, 5.74) is 1.70. The SMILES string of the molecule is CC.CC.CC.CC.CC.CC.CC.CC.CC.CC.CC.CC.CC.CC.CC.COP(=O)(O)c1cc([PH+](c2ccccc2)c2ccccc2)c(-c2c([PH+](c3ccccc3)c3ccccc3)cc(P(=O)(O)O)c3ccccc23)c2ccccc12.[CH3-].[CH3-].[CH3-].[CH3-].[CH3-].[CH3-].[CH3-].[CH3-].[CH3-].[Cl][Ru+2][Cl].[Ru+3].[Zr].[Zr].[Zr].[Zr]. The van der Waals surface area contributed by atoms with Crippen molar-refractivity contribution in [3.63, 3.8) is 0 Å². The Kier molecular flexibility index (Phi) is 197. The van der Waals surface area contributed by atoms with Crippen LogP contribution in [0.25, 0.3) is 32.7 Å². The van der Waals surface area contributed by atoms with E-state index in [4.69, 9.17) is 23.9 Å². The van der Waals surface area contributed by atoms with E-state index in [0.29, 0.717) is 16.2 Å². The smallest absolute Gasteiger partial charge is 0 e. The molecule has 6 nitrogen and oxygen atoms in total. The number of rotatable bonds is 10. The van der Waals surface area contributed by atoms with Gasteiger partial charge in [0.1, 0.15) is 31.8 Å². The molecule has 0 aliphatic carbocycles. The fraction of sp³-hybridized carbons (Fsp3) is 0.369. The summed E-state index contributed by atoms with van der Waals surface area (Å²) in [6, 6.07) is 59.4. The van der Waals surface area contributed by atoms with Crippen LogP contribution < -0.4 is 42.4 Å². The van der Waals surface area contributed by atoms with E-state index in [1.165, 1.54) is 7.11 Å². The molecule has 1 atom stereocenters. The van der Waals surface area contributed by atoms with Crippen LogP contribution in [0, 0.1) is 66.8 Å². The van der Waals surface area contributed by atoms with Crippen LogP contribution in [-0.4, -0.2) is 21.8 Å². The molecule has 0 fully saturated rings. The predicted molar refractivity (Wildman–Crippen MR) is 475 cm³/mol. The van der Waals surface area contributed by atoms with Gasteiger partial charge in [0.15, 0.2) is 0 Å². The van der Waals surface area contributed by atoms with E-state index in [1.54, 1.807) is 18.2 Å². The molecule has 8 aromatic carbocycles. The minimum Gasteiger partial charge on any atom is 0 e. The third-order valence-electron chi connectivity index (χ3n) is 9.95. The fourth-order valence-corrected chi connectivity index (χ4v) is 15.2. The van der Waals surface area contributed by atoms with Crippen molar-refractivity contribution in [3.05, 3.63) is 249 Å². The zero-order valence-electron chi connectivity index (χ0n) is 72.2. The maximum atomic E-state index is 14.1. The van der Waals surface area contributed by atoms with Crippen molar-refractivity contribution in [1.82, 2.24) is 0 Å². The Balaban J connectivity index is -0.0000000560. The molecule has 3 N–H and O–H groups in total. The van der Waals surface area contributed by atoms with Gasteiger partial charge in [0, 0.05) is 123 Å². The molecule has 18 heteroatoms. The van der Waals surface area contributed by atoms with Crippen LogP contribution in [0.3, 0.4) is 0 Å². The minimum absolute atomic E-state index is 0. The normalized spacial score (nSPS) is 8.10. The first-order valence-electron chi connectivity index (χ1n) is 33.0. The van der Waals surface area contributed by atoms with Crippen molar-refractivity contribution in [2.45, 2.75) is 208 Å². The van der Waals surface area contributed by atoms with Gasteiger partial charge in [0.2, 0.25) is 0 Å². The second-order valence-electron chi connectivity index (χ2n) is 13.2. The Morgan fingerprint density at radius 1 is 0.304 bits per heavy atom. The van der Waals surface area contributed by atoms with Gasteiger partial charge >= 0.3 is 69.2 Å². The first-order chi connectivity index (χ1) is 43.1. The molecular weight excluding hydrogens is 1870 g/mol. The summed E-state index contributed by atoms with van der Waals surface area (Å²) in [5, 5.41) is 8.52. The second-order valence-corrected chi connectivity index (χ2v) is 24.2. The van der Waals surface area contributed by atoms with Crippen LogP contribution in [-0.2, 0) is 153 Å². The average molecular weight is 2020 g/mol. The number of benzene rings is 8. The van der Waals surface area contributed by atoms with Gasteiger partial charge in [-0.3, -0.25) is 9.13 Å². The average Bonchev–Trinajstić information content (AvgIpc) is 0.719. The molecule has 0 heterocycles. The van der Waals surface area contributed by atoms with Crippen LogP contribution in [0.4, 0.5) is 0 Å². The van der Waals surface area contributed by atoms with Gasteiger partial charge in [-0.15, -0.1) is 0 Å². The zero-order valence-corrected chi connectivity index (χ0v) is 90.9. The molecule has 0 amide bonds. The van der Waals surface area contributed by atoms with Gasteiger partial charge in [0.05, 0.1) is 26.5 Å². The third kappa shape index (κ3) is 59.6. The van der Waals surface area contributed by atoms with Crippen LogP contribution in [0.15, 0.2) is 182 Å². The molecule has 0 bridgehead atoms. The number of fused-ring (bicyclic) bond motifs is 2. The molecule has 102 heavy (non-hydrogen) atoms. The van der Waals surface area contributed by atoms with E-state index in [9.17, 15) is 23.8 Å². The van der Waals surface area contributed by atoms with Gasteiger partial charge in [0.25, 0.3) is 0 Å². The Morgan fingerprint density at radius 3 is 0.637 bits per heavy atom. The molecular formula is C84H155Cl2O6P4Ru2Zr4-2. The van der Waals surface area contributed by atoms with Crippen LogP contribution in [0.2, 0.25) is 0 Å². The van der Waals surface area contributed by atoms with E-state index in [0.717, 1.165) is 48.3 Å². The largest absolute Gasteiger partial charge is 3.00 e. The van der Waals surface area contributed by atoms with Crippen molar-refractivity contribution in [1.29, 1.82) is 0 Å². The van der Waals surface area contributed by atoms with Gasteiger partial charge in [-0.05, 0) is 82.2 Å². The Bertz CT molecular complexity index is 2740. The molecule has 8 aromatic rings. The second kappa shape index (κ2) is 120. The molecule has 595 valence electrons. The molecule has 0 aliphatic heterocycles.